The molecule has 1 amide bonds. The van der Waals surface area contributed by atoms with Crippen LogP contribution in [-0.4, -0.2) is 26.8 Å². The van der Waals surface area contributed by atoms with Crippen LogP contribution in [0.1, 0.15) is 41.2 Å². The molecule has 1 aromatic heterocycles. The fourth-order valence-electron chi connectivity index (χ4n) is 2.69. The van der Waals surface area contributed by atoms with Crippen molar-refractivity contribution >= 4 is 17.6 Å². The van der Waals surface area contributed by atoms with E-state index in [1.807, 2.05) is 32.9 Å². The summed E-state index contributed by atoms with van der Waals surface area (Å²) in [5.41, 5.74) is 3.75. The molecule has 0 aliphatic heterocycles. The van der Waals surface area contributed by atoms with Crippen molar-refractivity contribution in [1.82, 2.24) is 9.78 Å². The van der Waals surface area contributed by atoms with E-state index in [1.165, 1.54) is 0 Å². The number of amides is 1. The molecule has 2 aromatic rings. The number of carboxylic acid groups (broad SMARTS) is 1. The molecule has 6 heteroatoms. The molecule has 0 aliphatic rings. The zero-order chi connectivity index (χ0) is 17.9. The summed E-state index contributed by atoms with van der Waals surface area (Å²) in [4.78, 5) is 23.4. The van der Waals surface area contributed by atoms with Gasteiger partial charge in [-0.3, -0.25) is 14.3 Å². The lowest BCUT2D eigenvalue weighted by atomic mass is 10.0. The molecule has 0 radical (unpaired) electrons. The van der Waals surface area contributed by atoms with Crippen LogP contribution in [0.15, 0.2) is 24.3 Å². The van der Waals surface area contributed by atoms with Crippen molar-refractivity contribution in [2.24, 2.45) is 5.92 Å². The number of aryl methyl sites for hydroxylation is 2. The number of anilines is 1. The number of aliphatic carboxylic acids is 1. The SMILES string of the molecule is CCn1nc(C)c(C(=O)Nc2ccc(CC(C)C(=O)O)cc2)c1C. The van der Waals surface area contributed by atoms with Crippen LogP contribution in [0.4, 0.5) is 5.69 Å². The number of benzene rings is 1. The lowest BCUT2D eigenvalue weighted by molar-refractivity contribution is -0.141. The summed E-state index contributed by atoms with van der Waals surface area (Å²) in [6.45, 7) is 8.09. The molecule has 6 nitrogen and oxygen atoms in total. The normalized spacial score (nSPS) is 12.0. The highest BCUT2D eigenvalue weighted by Gasteiger charge is 2.18. The number of carbonyl (C=O) groups is 2. The number of aromatic nitrogens is 2. The van der Waals surface area contributed by atoms with E-state index in [4.69, 9.17) is 5.11 Å². The molecule has 2 rings (SSSR count). The molecule has 24 heavy (non-hydrogen) atoms. The first-order valence-corrected chi connectivity index (χ1v) is 8.00. The molecule has 0 spiro atoms. The van der Waals surface area contributed by atoms with Crippen LogP contribution in [0.3, 0.4) is 0 Å². The van der Waals surface area contributed by atoms with Crippen LogP contribution in [0.5, 0.6) is 0 Å². The summed E-state index contributed by atoms with van der Waals surface area (Å²) in [6, 6.07) is 7.25. The quantitative estimate of drug-likeness (QED) is 0.853. The minimum atomic E-state index is -0.814. The van der Waals surface area contributed by atoms with Crippen LogP contribution in [0, 0.1) is 19.8 Å². The third-order valence-corrected chi connectivity index (χ3v) is 4.08. The molecule has 1 unspecified atom stereocenters. The van der Waals surface area contributed by atoms with E-state index < -0.39 is 11.9 Å². The maximum absolute atomic E-state index is 12.5. The Labute approximate surface area is 141 Å². The maximum atomic E-state index is 12.5. The van der Waals surface area contributed by atoms with Gasteiger partial charge in [-0.2, -0.15) is 5.10 Å². The molecular weight excluding hydrogens is 306 g/mol. The van der Waals surface area contributed by atoms with E-state index >= 15 is 0 Å². The Kier molecular flexibility index (Phi) is 5.39. The van der Waals surface area contributed by atoms with Gasteiger partial charge in [-0.05, 0) is 44.9 Å². The summed E-state index contributed by atoms with van der Waals surface area (Å²) in [7, 11) is 0. The van der Waals surface area contributed by atoms with Gasteiger partial charge in [0.25, 0.3) is 5.91 Å². The van der Waals surface area contributed by atoms with Gasteiger partial charge in [0.2, 0.25) is 0 Å². The molecule has 1 aromatic carbocycles. The molecule has 0 bridgehead atoms. The van der Waals surface area contributed by atoms with Crippen molar-refractivity contribution in [3.63, 3.8) is 0 Å². The molecule has 2 N–H and O–H groups in total. The van der Waals surface area contributed by atoms with Crippen LogP contribution in [-0.2, 0) is 17.8 Å². The number of hydrogen-bond acceptors (Lipinski definition) is 3. The monoisotopic (exact) mass is 329 g/mol. The summed E-state index contributed by atoms with van der Waals surface area (Å²) >= 11 is 0. The second kappa shape index (κ2) is 7.29. The Morgan fingerprint density at radius 2 is 1.88 bits per heavy atom. The predicted molar refractivity (Wildman–Crippen MR) is 92.3 cm³/mol. The largest absolute Gasteiger partial charge is 0.481 e. The van der Waals surface area contributed by atoms with E-state index in [0.29, 0.717) is 23.4 Å². The molecule has 0 aliphatic carbocycles. The average molecular weight is 329 g/mol. The molecule has 0 saturated heterocycles. The van der Waals surface area contributed by atoms with E-state index in [2.05, 4.69) is 10.4 Å². The summed E-state index contributed by atoms with van der Waals surface area (Å²) < 4.78 is 1.81. The van der Waals surface area contributed by atoms with Crippen molar-refractivity contribution in [1.29, 1.82) is 0 Å². The Morgan fingerprint density at radius 3 is 2.38 bits per heavy atom. The second-order valence-electron chi connectivity index (χ2n) is 5.96. The zero-order valence-electron chi connectivity index (χ0n) is 14.5. The molecule has 1 atom stereocenters. The number of hydrogen-bond donors (Lipinski definition) is 2. The van der Waals surface area contributed by atoms with Crippen molar-refractivity contribution in [3.8, 4) is 0 Å². The van der Waals surface area contributed by atoms with E-state index in [1.54, 1.807) is 23.7 Å². The lowest BCUT2D eigenvalue weighted by Crippen LogP contribution is -2.14. The number of nitrogens with zero attached hydrogens (tertiary/aromatic N) is 2. The van der Waals surface area contributed by atoms with Gasteiger partial charge in [-0.25, -0.2) is 0 Å². The van der Waals surface area contributed by atoms with Gasteiger partial charge in [0, 0.05) is 17.9 Å². The predicted octanol–water partition coefficient (Wildman–Crippen LogP) is 3.04. The number of nitrogens with one attached hydrogen (secondary N) is 1. The first kappa shape index (κ1) is 17.7. The Hall–Kier alpha value is -2.63. The molecule has 0 saturated carbocycles. The van der Waals surface area contributed by atoms with Crippen molar-refractivity contribution in [2.45, 2.75) is 40.7 Å². The zero-order valence-corrected chi connectivity index (χ0v) is 14.5. The van der Waals surface area contributed by atoms with Gasteiger partial charge in [0.1, 0.15) is 0 Å². The Morgan fingerprint density at radius 1 is 1.25 bits per heavy atom. The number of carboxylic acids is 1. The highest BCUT2D eigenvalue weighted by Crippen LogP contribution is 2.17. The van der Waals surface area contributed by atoms with Gasteiger partial charge in [0.15, 0.2) is 0 Å². The van der Waals surface area contributed by atoms with Crippen molar-refractivity contribution in [3.05, 3.63) is 46.8 Å². The molecule has 1 heterocycles. The third kappa shape index (κ3) is 3.82. The summed E-state index contributed by atoms with van der Waals surface area (Å²) in [6.07, 6.45) is 0.463. The number of rotatable bonds is 6. The minimum Gasteiger partial charge on any atom is -0.481 e. The number of carbonyl (C=O) groups excluding carboxylic acids is 1. The minimum absolute atomic E-state index is 0.184. The van der Waals surface area contributed by atoms with E-state index in [-0.39, 0.29) is 5.91 Å². The van der Waals surface area contributed by atoms with Crippen molar-refractivity contribution < 1.29 is 14.7 Å². The Balaban J connectivity index is 2.10. The highest BCUT2D eigenvalue weighted by molar-refractivity contribution is 6.05. The van der Waals surface area contributed by atoms with Crippen LogP contribution in [0.25, 0.3) is 0 Å². The summed E-state index contributed by atoms with van der Waals surface area (Å²) in [5.74, 6) is -1.43. The van der Waals surface area contributed by atoms with Crippen molar-refractivity contribution in [2.75, 3.05) is 5.32 Å². The first-order chi connectivity index (χ1) is 11.3. The van der Waals surface area contributed by atoms with Crippen LogP contribution >= 0.6 is 0 Å². The second-order valence-corrected chi connectivity index (χ2v) is 5.96. The first-order valence-electron chi connectivity index (χ1n) is 8.00. The van der Waals surface area contributed by atoms with Gasteiger partial charge >= 0.3 is 5.97 Å². The van der Waals surface area contributed by atoms with E-state index in [9.17, 15) is 9.59 Å². The van der Waals surface area contributed by atoms with Gasteiger partial charge in [0.05, 0.1) is 17.2 Å². The topological polar surface area (TPSA) is 84.2 Å². The van der Waals surface area contributed by atoms with Crippen LogP contribution in [0.2, 0.25) is 0 Å². The molecular formula is C18H23N3O3. The molecule has 0 fully saturated rings. The Bertz CT molecular complexity index is 748. The van der Waals surface area contributed by atoms with E-state index in [0.717, 1.165) is 17.8 Å². The van der Waals surface area contributed by atoms with Gasteiger partial charge in [-0.1, -0.05) is 19.1 Å². The maximum Gasteiger partial charge on any atom is 0.306 e. The van der Waals surface area contributed by atoms with Gasteiger partial charge < -0.3 is 10.4 Å². The fourth-order valence-corrected chi connectivity index (χ4v) is 2.69. The smallest absolute Gasteiger partial charge is 0.306 e. The fraction of sp³-hybridized carbons (Fsp3) is 0.389. The average Bonchev–Trinajstić information content (AvgIpc) is 2.83. The standard InChI is InChI=1S/C18H23N3O3/c1-5-21-13(4)16(12(3)20-21)17(22)19-15-8-6-14(7-9-15)10-11(2)18(23)24/h6-9,11H,5,10H2,1-4H3,(H,19,22)(H,23,24). The third-order valence-electron chi connectivity index (χ3n) is 4.08. The summed E-state index contributed by atoms with van der Waals surface area (Å²) in [5, 5.41) is 16.2. The molecule has 128 valence electrons. The van der Waals surface area contributed by atoms with Gasteiger partial charge in [-0.15, -0.1) is 0 Å². The highest BCUT2D eigenvalue weighted by atomic mass is 16.4. The van der Waals surface area contributed by atoms with Crippen LogP contribution < -0.4 is 5.32 Å². The lowest BCUT2D eigenvalue weighted by Gasteiger charge is -2.09.